The number of ether oxygens (including phenoxy) is 2. The van der Waals surface area contributed by atoms with Gasteiger partial charge in [-0.25, -0.2) is 4.39 Å². The normalized spacial score (nSPS) is 24.4. The molecular weight excluding hydrogens is 658 g/mol. The molecule has 0 unspecified atom stereocenters. The van der Waals surface area contributed by atoms with E-state index in [1.807, 2.05) is 4.90 Å². The minimum Gasteiger partial charge on any atom is -0.461 e. The number of nitrogens with zero attached hydrogens (tertiary/aromatic N) is 8. The van der Waals surface area contributed by atoms with Crippen molar-refractivity contribution in [1.82, 2.24) is 39.4 Å². The molecule has 8 rings (SSSR count). The van der Waals surface area contributed by atoms with Crippen LogP contribution in [0, 0.1) is 13.8 Å². The molecule has 16 heteroatoms. The first-order chi connectivity index (χ1) is 23.7. The number of aryl methyl sites for hydroxylation is 4. The molecule has 1 aromatic carbocycles. The third-order valence-electron chi connectivity index (χ3n) is 10.6. The summed E-state index contributed by atoms with van der Waals surface area (Å²) < 4.78 is 73.8. The first-order valence-electron chi connectivity index (χ1n) is 16.7. The highest BCUT2D eigenvalue weighted by molar-refractivity contribution is 6.16. The molecule has 3 saturated heterocycles. The summed E-state index contributed by atoms with van der Waals surface area (Å²) in [5.74, 6) is 0.442. The molecule has 0 saturated carbocycles. The van der Waals surface area contributed by atoms with E-state index in [1.54, 1.807) is 37.2 Å². The summed E-state index contributed by atoms with van der Waals surface area (Å²) in [4.78, 5) is 13.9. The molecular formula is C34H39F4N9O3. The van der Waals surface area contributed by atoms with Crippen LogP contribution in [0.15, 0.2) is 18.0 Å². The van der Waals surface area contributed by atoms with Crippen LogP contribution >= 0.6 is 0 Å². The zero-order chi connectivity index (χ0) is 35.3. The largest absolute Gasteiger partial charge is 0.461 e. The second-order valence-corrected chi connectivity index (χ2v) is 14.4. The Balaban J connectivity index is 1.36. The maximum Gasteiger partial charge on any atom is 0.417 e. The molecule has 3 aliphatic heterocycles. The van der Waals surface area contributed by atoms with Gasteiger partial charge in [-0.1, -0.05) is 0 Å². The molecule has 0 aliphatic carbocycles. The Hall–Kier alpha value is -4.28. The molecule has 0 spiro atoms. The fourth-order valence-electron chi connectivity index (χ4n) is 8.46. The number of halogens is 4. The predicted octanol–water partition coefficient (Wildman–Crippen LogP) is 5.09. The van der Waals surface area contributed by atoms with Gasteiger partial charge < -0.3 is 24.0 Å². The molecule has 2 N–H and O–H groups in total. The number of nitrogens with one attached hydrogen (secondary N) is 1. The highest BCUT2D eigenvalue weighted by atomic mass is 19.4. The lowest BCUT2D eigenvalue weighted by Crippen LogP contribution is -2.44. The van der Waals surface area contributed by atoms with Gasteiger partial charge in [-0.05, 0) is 63.8 Å². The number of fused-ring (bicyclic) bond motifs is 5. The van der Waals surface area contributed by atoms with Crippen molar-refractivity contribution in [2.24, 2.45) is 14.1 Å². The third kappa shape index (κ3) is 5.05. The second kappa shape index (κ2) is 11.4. The smallest absolute Gasteiger partial charge is 0.417 e. The lowest BCUT2D eigenvalue weighted by atomic mass is 9.93. The second-order valence-electron chi connectivity index (χ2n) is 14.4. The van der Waals surface area contributed by atoms with E-state index in [0.717, 1.165) is 25.0 Å². The Morgan fingerprint density at radius 1 is 1.14 bits per heavy atom. The maximum absolute atomic E-state index is 14.9. The lowest BCUT2D eigenvalue weighted by molar-refractivity contribution is -0.137. The summed E-state index contributed by atoms with van der Waals surface area (Å²) in [5.41, 5.74) is 0.729. The van der Waals surface area contributed by atoms with E-state index in [9.17, 15) is 22.7 Å². The van der Waals surface area contributed by atoms with Gasteiger partial charge in [0.1, 0.15) is 23.7 Å². The van der Waals surface area contributed by atoms with E-state index in [0.29, 0.717) is 76.9 Å². The number of β-amino-alcohol motifs (C(OH)–C–C–N with tert-alkyl or cyclic N) is 1. The molecule has 3 fully saturated rings. The molecule has 50 heavy (non-hydrogen) atoms. The van der Waals surface area contributed by atoms with Crippen LogP contribution in [0.4, 0.5) is 23.4 Å². The topological polar surface area (TPSA) is 122 Å². The monoisotopic (exact) mass is 697 g/mol. The van der Waals surface area contributed by atoms with E-state index in [4.69, 9.17) is 24.5 Å². The lowest BCUT2D eigenvalue weighted by Gasteiger charge is -2.31. The number of H-pyrrole nitrogens is 1. The Morgan fingerprint density at radius 3 is 2.70 bits per heavy atom. The quantitative estimate of drug-likeness (QED) is 0.242. The standard InChI is InChI=1S/C34H39F4N9O3/c1-18-11-21-22(19(2)41-42-21)23(25(18)34(36,37)38)26-28-27(45(5)43-26)24-29(44(28)4)39-31(40-30(24)46-9-10-49-16-32(3,48)15-46)50-17-33-7-6-8-47(33)14-20(12-33)13-35/h11,13,48H,6-10,12,14-17H2,1-5H3,(H,41,42)/b20-13-/t32-,33-/m0/s1. The molecule has 12 nitrogen and oxygen atoms in total. The van der Waals surface area contributed by atoms with Crippen LogP contribution in [0.5, 0.6) is 6.01 Å². The predicted molar refractivity (Wildman–Crippen MR) is 179 cm³/mol. The molecule has 7 heterocycles. The summed E-state index contributed by atoms with van der Waals surface area (Å²) in [6.45, 7) is 7.44. The average molecular weight is 698 g/mol. The van der Waals surface area contributed by atoms with Crippen molar-refractivity contribution in [1.29, 1.82) is 0 Å². The molecule has 0 bridgehead atoms. The molecule has 0 amide bonds. The number of aromatic amines is 1. The number of aromatic nitrogens is 7. The summed E-state index contributed by atoms with van der Waals surface area (Å²) in [7, 11) is 3.43. The van der Waals surface area contributed by atoms with Crippen LogP contribution < -0.4 is 9.64 Å². The van der Waals surface area contributed by atoms with Crippen molar-refractivity contribution in [2.45, 2.75) is 57.3 Å². The first kappa shape index (κ1) is 32.9. The van der Waals surface area contributed by atoms with Crippen molar-refractivity contribution in [3.05, 3.63) is 34.8 Å². The van der Waals surface area contributed by atoms with Gasteiger partial charge in [0.2, 0.25) is 0 Å². The van der Waals surface area contributed by atoms with Gasteiger partial charge in [0, 0.05) is 43.8 Å². The minimum absolute atomic E-state index is 0.0324. The van der Waals surface area contributed by atoms with E-state index in [2.05, 4.69) is 15.1 Å². The highest BCUT2D eigenvalue weighted by Crippen LogP contribution is 2.48. The van der Waals surface area contributed by atoms with Crippen molar-refractivity contribution in [3.8, 4) is 17.3 Å². The van der Waals surface area contributed by atoms with E-state index in [-0.39, 0.29) is 48.1 Å². The van der Waals surface area contributed by atoms with E-state index < -0.39 is 17.3 Å². The number of alkyl halides is 3. The zero-order valence-corrected chi connectivity index (χ0v) is 28.6. The van der Waals surface area contributed by atoms with Gasteiger partial charge in [-0.2, -0.15) is 33.3 Å². The summed E-state index contributed by atoms with van der Waals surface area (Å²) in [6.07, 6.45) is -1.63. The Kier molecular flexibility index (Phi) is 7.48. The Labute approximate surface area is 284 Å². The van der Waals surface area contributed by atoms with Crippen LogP contribution in [0.3, 0.4) is 0 Å². The van der Waals surface area contributed by atoms with Crippen molar-refractivity contribution in [3.63, 3.8) is 0 Å². The van der Waals surface area contributed by atoms with Crippen molar-refractivity contribution >= 4 is 38.8 Å². The van der Waals surface area contributed by atoms with Gasteiger partial charge in [0.25, 0.3) is 0 Å². The van der Waals surface area contributed by atoms with Gasteiger partial charge in [0.15, 0.2) is 5.65 Å². The first-order valence-corrected chi connectivity index (χ1v) is 16.7. The number of rotatable bonds is 5. The van der Waals surface area contributed by atoms with Crippen molar-refractivity contribution in [2.75, 3.05) is 50.9 Å². The molecule has 3 aliphatic rings. The van der Waals surface area contributed by atoms with Crippen LogP contribution in [-0.4, -0.2) is 102 Å². The molecule has 266 valence electrons. The van der Waals surface area contributed by atoms with Crippen LogP contribution in [0.2, 0.25) is 0 Å². The van der Waals surface area contributed by atoms with E-state index in [1.165, 1.54) is 13.0 Å². The third-order valence-corrected chi connectivity index (χ3v) is 10.6. The van der Waals surface area contributed by atoms with Gasteiger partial charge in [-0.3, -0.25) is 14.7 Å². The van der Waals surface area contributed by atoms with Crippen LogP contribution in [0.1, 0.15) is 43.0 Å². The fraction of sp³-hybridized carbons (Fsp3) is 0.529. The van der Waals surface area contributed by atoms with Gasteiger partial charge >= 0.3 is 12.2 Å². The molecule has 5 aromatic rings. The van der Waals surface area contributed by atoms with Gasteiger partial charge in [-0.15, -0.1) is 0 Å². The van der Waals surface area contributed by atoms with Crippen LogP contribution in [0.25, 0.3) is 44.2 Å². The van der Waals surface area contributed by atoms with Gasteiger partial charge in [0.05, 0.1) is 59.1 Å². The number of benzene rings is 1. The summed E-state index contributed by atoms with van der Waals surface area (Å²) >= 11 is 0. The summed E-state index contributed by atoms with van der Waals surface area (Å²) in [6, 6.07) is 1.52. The molecule has 2 atom stereocenters. The number of hydrogen-bond donors (Lipinski definition) is 2. The molecule has 4 aromatic heterocycles. The van der Waals surface area contributed by atoms with E-state index >= 15 is 0 Å². The fourth-order valence-corrected chi connectivity index (χ4v) is 8.46. The number of hydrogen-bond acceptors (Lipinski definition) is 9. The van der Waals surface area contributed by atoms with Crippen molar-refractivity contribution < 1.29 is 32.1 Å². The Bertz CT molecular complexity index is 2200. The maximum atomic E-state index is 14.9. The Morgan fingerprint density at radius 2 is 1.94 bits per heavy atom. The number of anilines is 1. The minimum atomic E-state index is -4.68. The zero-order valence-electron chi connectivity index (χ0n) is 28.6. The SMILES string of the molecule is Cc1cc2n[nH]c(C)c2c(-c2nn(C)c3c4c(N5CCOC[C@@](C)(O)C5)nc(OC[C@@]56CCCN5C/C(=C\F)C6)nc4n(C)c23)c1C(F)(F)F. The van der Waals surface area contributed by atoms with Crippen LogP contribution in [-0.2, 0) is 25.0 Å². The highest BCUT2D eigenvalue weighted by Gasteiger charge is 2.47. The molecule has 0 radical (unpaired) electrons. The number of aliphatic hydroxyl groups is 1. The summed E-state index contributed by atoms with van der Waals surface area (Å²) in [5, 5.41) is 24.0. The average Bonchev–Trinajstić information content (AvgIpc) is 3.82.